The molecule has 0 aromatic heterocycles. The van der Waals surface area contributed by atoms with Gasteiger partial charge in [-0.1, -0.05) is 24.3 Å². The van der Waals surface area contributed by atoms with E-state index in [1.165, 1.54) is 0 Å². The second kappa shape index (κ2) is 7.83. The molecule has 0 aliphatic carbocycles. The highest BCUT2D eigenvalue weighted by molar-refractivity contribution is 8.00. The van der Waals surface area contributed by atoms with Crippen molar-refractivity contribution in [2.45, 2.75) is 18.8 Å². The number of carbonyl (C=O) groups is 1. The van der Waals surface area contributed by atoms with Crippen molar-refractivity contribution < 1.29 is 9.53 Å². The normalized spacial score (nSPS) is 17.0. The van der Waals surface area contributed by atoms with Crippen molar-refractivity contribution in [2.75, 3.05) is 31.4 Å². The highest BCUT2D eigenvalue weighted by Gasteiger charge is 2.32. The molecule has 2 aromatic carbocycles. The van der Waals surface area contributed by atoms with E-state index in [-0.39, 0.29) is 11.3 Å². The van der Waals surface area contributed by atoms with Gasteiger partial charge in [0.1, 0.15) is 11.1 Å². The van der Waals surface area contributed by atoms with E-state index >= 15 is 0 Å². The van der Waals surface area contributed by atoms with Crippen LogP contribution in [0.2, 0.25) is 0 Å². The van der Waals surface area contributed by atoms with E-state index in [2.05, 4.69) is 35.2 Å². The predicted molar refractivity (Wildman–Crippen MR) is 104 cm³/mol. The van der Waals surface area contributed by atoms with Gasteiger partial charge in [-0.25, -0.2) is 0 Å². The summed E-state index contributed by atoms with van der Waals surface area (Å²) in [7, 11) is 4.05. The molecule has 132 valence electrons. The molecular formula is C20H24N2O2S. The SMILES string of the molecule is CCOc1cccc(C2SCC(=O)N2Cc2ccc(N(C)C)cc2)c1. The molecule has 5 heteroatoms. The summed E-state index contributed by atoms with van der Waals surface area (Å²) in [5.74, 6) is 1.57. The lowest BCUT2D eigenvalue weighted by Gasteiger charge is -2.25. The Balaban J connectivity index is 1.79. The zero-order chi connectivity index (χ0) is 17.8. The molecule has 1 saturated heterocycles. The summed E-state index contributed by atoms with van der Waals surface area (Å²) < 4.78 is 5.60. The van der Waals surface area contributed by atoms with E-state index in [1.807, 2.05) is 44.1 Å². The number of hydrogen-bond donors (Lipinski definition) is 0. The molecule has 1 atom stereocenters. The first-order chi connectivity index (χ1) is 12.1. The van der Waals surface area contributed by atoms with Gasteiger partial charge in [-0.05, 0) is 42.3 Å². The van der Waals surface area contributed by atoms with Gasteiger partial charge < -0.3 is 14.5 Å². The molecule has 4 nitrogen and oxygen atoms in total. The molecule has 25 heavy (non-hydrogen) atoms. The number of ether oxygens (including phenoxy) is 1. The van der Waals surface area contributed by atoms with Gasteiger partial charge in [0, 0.05) is 26.3 Å². The van der Waals surface area contributed by atoms with E-state index in [1.54, 1.807) is 11.8 Å². The number of nitrogens with zero attached hydrogens (tertiary/aromatic N) is 2. The van der Waals surface area contributed by atoms with Crippen molar-refractivity contribution in [1.82, 2.24) is 4.90 Å². The first-order valence-corrected chi connectivity index (χ1v) is 9.53. The van der Waals surface area contributed by atoms with Crippen LogP contribution < -0.4 is 9.64 Å². The van der Waals surface area contributed by atoms with Crippen LogP contribution in [0.15, 0.2) is 48.5 Å². The minimum Gasteiger partial charge on any atom is -0.494 e. The fraction of sp³-hybridized carbons (Fsp3) is 0.350. The van der Waals surface area contributed by atoms with Crippen molar-refractivity contribution in [3.05, 3.63) is 59.7 Å². The van der Waals surface area contributed by atoms with Gasteiger partial charge >= 0.3 is 0 Å². The topological polar surface area (TPSA) is 32.8 Å². The van der Waals surface area contributed by atoms with E-state index in [0.29, 0.717) is 18.9 Å². The summed E-state index contributed by atoms with van der Waals surface area (Å²) >= 11 is 1.68. The highest BCUT2D eigenvalue weighted by Crippen LogP contribution is 2.40. The molecule has 1 aliphatic rings. The lowest BCUT2D eigenvalue weighted by Crippen LogP contribution is -2.27. The third-order valence-electron chi connectivity index (χ3n) is 4.23. The number of anilines is 1. The fourth-order valence-corrected chi connectivity index (χ4v) is 4.10. The Morgan fingerprint density at radius 3 is 2.64 bits per heavy atom. The molecule has 0 radical (unpaired) electrons. The van der Waals surface area contributed by atoms with Crippen LogP contribution in [0.5, 0.6) is 5.75 Å². The maximum Gasteiger partial charge on any atom is 0.234 e. The standard InChI is InChI=1S/C20H24N2O2S/c1-4-24-18-7-5-6-16(12-18)20-22(19(23)14-25-20)13-15-8-10-17(11-9-15)21(2)3/h5-12,20H,4,13-14H2,1-3H3. The first kappa shape index (κ1) is 17.7. The molecular weight excluding hydrogens is 332 g/mol. The summed E-state index contributed by atoms with van der Waals surface area (Å²) in [6.07, 6.45) is 0. The Hall–Kier alpha value is -2.14. The van der Waals surface area contributed by atoms with Gasteiger partial charge in [0.05, 0.1) is 12.4 Å². The number of carbonyl (C=O) groups excluding carboxylic acids is 1. The van der Waals surface area contributed by atoms with Crippen molar-refractivity contribution in [3.8, 4) is 5.75 Å². The third kappa shape index (κ3) is 4.10. The molecule has 3 rings (SSSR count). The van der Waals surface area contributed by atoms with Crippen LogP contribution in [0, 0.1) is 0 Å². The largest absolute Gasteiger partial charge is 0.494 e. The van der Waals surface area contributed by atoms with E-state index < -0.39 is 0 Å². The molecule has 1 aliphatic heterocycles. The quantitative estimate of drug-likeness (QED) is 0.785. The number of hydrogen-bond acceptors (Lipinski definition) is 4. The molecule has 1 unspecified atom stereocenters. The monoisotopic (exact) mass is 356 g/mol. The summed E-state index contributed by atoms with van der Waals surface area (Å²) in [6.45, 7) is 3.25. The summed E-state index contributed by atoms with van der Waals surface area (Å²) in [5, 5.41) is 0.0430. The van der Waals surface area contributed by atoms with Crippen LogP contribution in [0.4, 0.5) is 5.69 Å². The maximum atomic E-state index is 12.4. The minimum absolute atomic E-state index is 0.0430. The van der Waals surface area contributed by atoms with Crippen LogP contribution in [-0.2, 0) is 11.3 Å². The van der Waals surface area contributed by atoms with Crippen molar-refractivity contribution in [1.29, 1.82) is 0 Å². The Bertz CT molecular complexity index is 731. The number of thioether (sulfide) groups is 1. The zero-order valence-corrected chi connectivity index (χ0v) is 15.8. The predicted octanol–water partition coefficient (Wildman–Crippen LogP) is 3.93. The number of benzene rings is 2. The maximum absolute atomic E-state index is 12.4. The van der Waals surface area contributed by atoms with Gasteiger partial charge in [0.25, 0.3) is 0 Å². The molecule has 0 saturated carbocycles. The second-order valence-electron chi connectivity index (χ2n) is 6.25. The second-order valence-corrected chi connectivity index (χ2v) is 7.32. The molecule has 2 aromatic rings. The number of amides is 1. The third-order valence-corrected chi connectivity index (χ3v) is 5.48. The lowest BCUT2D eigenvalue weighted by molar-refractivity contribution is -0.128. The molecule has 0 bridgehead atoms. The molecule has 1 fully saturated rings. The van der Waals surface area contributed by atoms with Crippen LogP contribution in [0.1, 0.15) is 23.4 Å². The van der Waals surface area contributed by atoms with E-state index in [9.17, 15) is 4.79 Å². The summed E-state index contributed by atoms with van der Waals surface area (Å²) in [5.41, 5.74) is 3.42. The minimum atomic E-state index is 0.0430. The molecule has 1 amide bonds. The average molecular weight is 356 g/mol. The van der Waals surface area contributed by atoms with Crippen LogP contribution in [0.25, 0.3) is 0 Å². The van der Waals surface area contributed by atoms with Gasteiger partial charge in [-0.3, -0.25) is 4.79 Å². The van der Waals surface area contributed by atoms with Gasteiger partial charge in [0.2, 0.25) is 5.91 Å². The van der Waals surface area contributed by atoms with Crippen LogP contribution in [-0.4, -0.2) is 37.3 Å². The van der Waals surface area contributed by atoms with E-state index in [4.69, 9.17) is 4.74 Å². The highest BCUT2D eigenvalue weighted by atomic mass is 32.2. The average Bonchev–Trinajstić information content (AvgIpc) is 2.97. The lowest BCUT2D eigenvalue weighted by atomic mass is 10.1. The van der Waals surface area contributed by atoms with Crippen LogP contribution >= 0.6 is 11.8 Å². The summed E-state index contributed by atoms with van der Waals surface area (Å²) in [4.78, 5) is 16.4. The van der Waals surface area contributed by atoms with Crippen molar-refractivity contribution >= 4 is 23.4 Å². The molecule has 0 N–H and O–H groups in total. The summed E-state index contributed by atoms with van der Waals surface area (Å²) in [6, 6.07) is 16.4. The van der Waals surface area contributed by atoms with Crippen LogP contribution in [0.3, 0.4) is 0 Å². The van der Waals surface area contributed by atoms with Gasteiger partial charge in [-0.2, -0.15) is 0 Å². The smallest absolute Gasteiger partial charge is 0.234 e. The van der Waals surface area contributed by atoms with Gasteiger partial charge in [0.15, 0.2) is 0 Å². The molecule has 0 spiro atoms. The van der Waals surface area contributed by atoms with Crippen molar-refractivity contribution in [3.63, 3.8) is 0 Å². The number of rotatable bonds is 6. The Morgan fingerprint density at radius 2 is 1.96 bits per heavy atom. The first-order valence-electron chi connectivity index (χ1n) is 8.48. The Kier molecular flexibility index (Phi) is 5.53. The van der Waals surface area contributed by atoms with E-state index in [0.717, 1.165) is 22.6 Å². The fourth-order valence-electron chi connectivity index (χ4n) is 2.92. The Labute approximate surface area is 153 Å². The van der Waals surface area contributed by atoms with Gasteiger partial charge in [-0.15, -0.1) is 11.8 Å². The molecule has 1 heterocycles. The van der Waals surface area contributed by atoms with Crippen molar-refractivity contribution in [2.24, 2.45) is 0 Å². The Morgan fingerprint density at radius 1 is 1.20 bits per heavy atom. The zero-order valence-electron chi connectivity index (χ0n) is 14.9.